The number of thioether (sulfide) groups is 1. The summed E-state index contributed by atoms with van der Waals surface area (Å²) in [6.45, 7) is 1.84. The molecule has 0 saturated heterocycles. The first-order valence-corrected chi connectivity index (χ1v) is 13.1. The average molecular weight is 561 g/mol. The first-order valence-electron chi connectivity index (χ1n) is 11.9. The Balaban J connectivity index is 1.59. The number of aryl methyl sites for hydroxylation is 1. The molecule has 4 aromatic carbocycles. The van der Waals surface area contributed by atoms with Gasteiger partial charge in [0.15, 0.2) is 0 Å². The predicted molar refractivity (Wildman–Crippen MR) is 154 cm³/mol. The van der Waals surface area contributed by atoms with Crippen LogP contribution in [0.5, 0.6) is 5.75 Å². The standard InChI is InChI=1S/C30H25ClN2O5S/c1-18-15-25(26(38-2)17-24(18)31)33-29(35)27(19-9-4-3-5-10-19)39-21-12-8-11-20(16-21)32-28(34)22-13-6-7-14-23(22)30(36)37/h3-17,27H,1-2H3,(H,32,34)(H,33,35)(H,36,37). The van der Waals surface area contributed by atoms with Crippen LogP contribution >= 0.6 is 23.4 Å². The number of ether oxygens (including phenoxy) is 1. The SMILES string of the molecule is COc1cc(Cl)c(C)cc1NC(=O)C(Sc1cccc(NC(=O)c2ccccc2C(=O)O)c1)c1ccccc1. The van der Waals surface area contributed by atoms with E-state index in [1.54, 1.807) is 42.5 Å². The maximum absolute atomic E-state index is 13.6. The molecule has 0 aliphatic heterocycles. The number of amides is 2. The molecule has 9 heteroatoms. The third-order valence-electron chi connectivity index (χ3n) is 5.83. The van der Waals surface area contributed by atoms with Crippen LogP contribution in [-0.4, -0.2) is 30.0 Å². The summed E-state index contributed by atoms with van der Waals surface area (Å²) in [5, 5.41) is 15.0. The molecule has 198 valence electrons. The fraction of sp³-hybridized carbons (Fsp3) is 0.100. The minimum Gasteiger partial charge on any atom is -0.495 e. The number of anilines is 2. The molecule has 0 aromatic heterocycles. The molecule has 39 heavy (non-hydrogen) atoms. The topological polar surface area (TPSA) is 105 Å². The van der Waals surface area contributed by atoms with Crippen LogP contribution in [0.15, 0.2) is 95.9 Å². The lowest BCUT2D eigenvalue weighted by Crippen LogP contribution is -2.19. The smallest absolute Gasteiger partial charge is 0.336 e. The van der Waals surface area contributed by atoms with Gasteiger partial charge in [-0.25, -0.2) is 4.79 Å². The van der Waals surface area contributed by atoms with Gasteiger partial charge < -0.3 is 20.5 Å². The normalized spacial score (nSPS) is 11.4. The van der Waals surface area contributed by atoms with Crippen LogP contribution in [0.2, 0.25) is 5.02 Å². The monoisotopic (exact) mass is 560 g/mol. The van der Waals surface area contributed by atoms with E-state index in [0.717, 1.165) is 16.0 Å². The van der Waals surface area contributed by atoms with E-state index in [-0.39, 0.29) is 17.0 Å². The fourth-order valence-electron chi connectivity index (χ4n) is 3.88. The van der Waals surface area contributed by atoms with Crippen LogP contribution in [0.1, 0.15) is 37.1 Å². The number of halogens is 1. The summed E-state index contributed by atoms with van der Waals surface area (Å²) in [6, 6.07) is 25.8. The number of carbonyl (C=O) groups is 3. The van der Waals surface area contributed by atoms with Crippen molar-refractivity contribution in [3.8, 4) is 5.75 Å². The Morgan fingerprint density at radius 1 is 0.872 bits per heavy atom. The summed E-state index contributed by atoms with van der Waals surface area (Å²) in [5.41, 5.74) is 2.52. The fourth-order valence-corrected chi connectivity index (χ4v) is 5.12. The summed E-state index contributed by atoms with van der Waals surface area (Å²) in [5.74, 6) is -1.55. The molecule has 1 atom stereocenters. The largest absolute Gasteiger partial charge is 0.495 e. The lowest BCUT2D eigenvalue weighted by atomic mass is 10.1. The lowest BCUT2D eigenvalue weighted by molar-refractivity contribution is -0.115. The van der Waals surface area contributed by atoms with E-state index in [0.29, 0.717) is 22.1 Å². The summed E-state index contributed by atoms with van der Waals surface area (Å²) >= 11 is 7.54. The van der Waals surface area contributed by atoms with Gasteiger partial charge in [-0.15, -0.1) is 11.8 Å². The number of hydrogen-bond donors (Lipinski definition) is 3. The molecule has 4 rings (SSSR count). The van der Waals surface area contributed by atoms with E-state index in [1.807, 2.05) is 43.3 Å². The van der Waals surface area contributed by atoms with Gasteiger partial charge in [-0.3, -0.25) is 9.59 Å². The molecule has 0 heterocycles. The molecular weight excluding hydrogens is 536 g/mol. The minimum absolute atomic E-state index is 0.0526. The van der Waals surface area contributed by atoms with Crippen molar-refractivity contribution in [1.82, 2.24) is 0 Å². The van der Waals surface area contributed by atoms with Crippen molar-refractivity contribution in [2.24, 2.45) is 0 Å². The number of rotatable bonds is 9. The summed E-state index contributed by atoms with van der Waals surface area (Å²) in [7, 11) is 1.51. The molecule has 4 aromatic rings. The number of carboxylic acid groups (broad SMARTS) is 1. The van der Waals surface area contributed by atoms with E-state index in [2.05, 4.69) is 10.6 Å². The van der Waals surface area contributed by atoms with Crippen LogP contribution in [0, 0.1) is 6.92 Å². The van der Waals surface area contributed by atoms with E-state index in [4.69, 9.17) is 16.3 Å². The number of carbonyl (C=O) groups excluding carboxylic acids is 2. The van der Waals surface area contributed by atoms with Crippen LogP contribution in [0.25, 0.3) is 0 Å². The van der Waals surface area contributed by atoms with Gasteiger partial charge in [-0.1, -0.05) is 60.1 Å². The summed E-state index contributed by atoms with van der Waals surface area (Å²) in [6.07, 6.45) is 0. The molecule has 1 unspecified atom stereocenters. The Bertz CT molecular complexity index is 1530. The van der Waals surface area contributed by atoms with Gasteiger partial charge in [0, 0.05) is 21.7 Å². The van der Waals surface area contributed by atoms with Gasteiger partial charge in [0.2, 0.25) is 5.91 Å². The van der Waals surface area contributed by atoms with Crippen LogP contribution in [-0.2, 0) is 4.79 Å². The highest BCUT2D eigenvalue weighted by atomic mass is 35.5. The Labute approximate surface area is 235 Å². The third-order valence-corrected chi connectivity index (χ3v) is 7.48. The van der Waals surface area contributed by atoms with Gasteiger partial charge in [0.1, 0.15) is 11.0 Å². The van der Waals surface area contributed by atoms with Crippen LogP contribution in [0.3, 0.4) is 0 Å². The van der Waals surface area contributed by atoms with E-state index >= 15 is 0 Å². The second kappa shape index (κ2) is 12.5. The Hall–Kier alpha value is -4.27. The van der Waals surface area contributed by atoms with Gasteiger partial charge >= 0.3 is 5.97 Å². The Morgan fingerprint density at radius 2 is 1.56 bits per heavy atom. The van der Waals surface area contributed by atoms with Crippen molar-refractivity contribution in [1.29, 1.82) is 0 Å². The number of carboxylic acids is 1. The zero-order valence-corrected chi connectivity index (χ0v) is 22.7. The van der Waals surface area contributed by atoms with Crippen LogP contribution in [0.4, 0.5) is 11.4 Å². The minimum atomic E-state index is -1.19. The first kappa shape index (κ1) is 27.8. The molecule has 0 aliphatic rings. The van der Waals surface area contributed by atoms with E-state index < -0.39 is 17.1 Å². The summed E-state index contributed by atoms with van der Waals surface area (Å²) in [4.78, 5) is 38.7. The number of nitrogens with one attached hydrogen (secondary N) is 2. The van der Waals surface area contributed by atoms with E-state index in [9.17, 15) is 19.5 Å². The van der Waals surface area contributed by atoms with Gasteiger partial charge in [-0.05, 0) is 54.4 Å². The maximum atomic E-state index is 13.6. The highest BCUT2D eigenvalue weighted by Crippen LogP contribution is 2.39. The van der Waals surface area contributed by atoms with Crippen molar-refractivity contribution >= 4 is 52.5 Å². The molecule has 0 saturated carbocycles. The molecule has 3 N–H and O–H groups in total. The Kier molecular flexibility index (Phi) is 8.91. The number of benzene rings is 4. The van der Waals surface area contributed by atoms with Gasteiger partial charge in [0.25, 0.3) is 5.91 Å². The molecule has 0 fully saturated rings. The molecular formula is C30H25ClN2O5S. The quantitative estimate of drug-likeness (QED) is 0.189. The van der Waals surface area contributed by atoms with Crippen LogP contribution < -0.4 is 15.4 Å². The highest BCUT2D eigenvalue weighted by Gasteiger charge is 2.24. The first-order chi connectivity index (χ1) is 18.8. The predicted octanol–water partition coefficient (Wildman–Crippen LogP) is 7.08. The number of aromatic carboxylic acids is 1. The number of methoxy groups -OCH3 is 1. The molecule has 0 bridgehead atoms. The zero-order valence-electron chi connectivity index (χ0n) is 21.1. The maximum Gasteiger partial charge on any atom is 0.336 e. The molecule has 7 nitrogen and oxygen atoms in total. The average Bonchev–Trinajstić information content (AvgIpc) is 2.94. The summed E-state index contributed by atoms with van der Waals surface area (Å²) < 4.78 is 5.42. The van der Waals surface area contributed by atoms with Crippen molar-refractivity contribution < 1.29 is 24.2 Å². The van der Waals surface area contributed by atoms with Gasteiger partial charge in [-0.2, -0.15) is 0 Å². The third kappa shape index (κ3) is 6.79. The lowest BCUT2D eigenvalue weighted by Gasteiger charge is -2.19. The zero-order chi connectivity index (χ0) is 27.9. The van der Waals surface area contributed by atoms with Crippen molar-refractivity contribution in [2.45, 2.75) is 17.1 Å². The molecule has 0 radical (unpaired) electrons. The second-order valence-corrected chi connectivity index (χ2v) is 10.1. The van der Waals surface area contributed by atoms with E-state index in [1.165, 1.54) is 31.0 Å². The second-order valence-electron chi connectivity index (χ2n) is 8.53. The van der Waals surface area contributed by atoms with Gasteiger partial charge in [0.05, 0.1) is 23.9 Å². The van der Waals surface area contributed by atoms with Crippen molar-refractivity contribution in [3.63, 3.8) is 0 Å². The molecule has 0 aliphatic carbocycles. The highest BCUT2D eigenvalue weighted by molar-refractivity contribution is 8.00. The molecule has 0 spiro atoms. The Morgan fingerprint density at radius 3 is 2.26 bits per heavy atom. The molecule has 2 amide bonds. The van der Waals surface area contributed by atoms with Crippen molar-refractivity contribution in [3.05, 3.63) is 118 Å². The number of hydrogen-bond acceptors (Lipinski definition) is 5. The van der Waals surface area contributed by atoms with Crippen molar-refractivity contribution in [2.75, 3.05) is 17.7 Å².